The zero-order valence-electron chi connectivity index (χ0n) is 18.2. The van der Waals surface area contributed by atoms with Crippen LogP contribution in [0.25, 0.3) is 0 Å². The van der Waals surface area contributed by atoms with Gasteiger partial charge < -0.3 is 15.0 Å². The summed E-state index contributed by atoms with van der Waals surface area (Å²) in [6.07, 6.45) is 0.508. The molecule has 0 aliphatic carbocycles. The monoisotopic (exact) mass is 430 g/mol. The summed E-state index contributed by atoms with van der Waals surface area (Å²) in [5.74, 6) is 0.364. The number of rotatable bonds is 10. The fourth-order valence-electron chi connectivity index (χ4n) is 3.02. The standard InChI is InChI=1S/C24H31ClN2O3/c1-5-21(24(29)26-14-17(2)3)27(15-19-12-10-18(4)11-13-19)23(28)16-30-22-9-7-6-8-20(22)25/h6-13,17,21H,5,14-16H2,1-4H3,(H,26,29). The number of amides is 2. The van der Waals surface area contributed by atoms with Crippen LogP contribution >= 0.6 is 11.6 Å². The smallest absolute Gasteiger partial charge is 0.261 e. The Morgan fingerprint density at radius 1 is 1.10 bits per heavy atom. The molecule has 162 valence electrons. The van der Waals surface area contributed by atoms with E-state index in [1.165, 1.54) is 0 Å². The molecule has 0 saturated carbocycles. The van der Waals surface area contributed by atoms with E-state index in [4.69, 9.17) is 16.3 Å². The minimum Gasteiger partial charge on any atom is -0.482 e. The van der Waals surface area contributed by atoms with Crippen LogP contribution in [0.4, 0.5) is 0 Å². The van der Waals surface area contributed by atoms with Gasteiger partial charge in [0, 0.05) is 13.1 Å². The second-order valence-corrected chi connectivity index (χ2v) is 8.20. The molecule has 0 heterocycles. The first-order chi connectivity index (χ1) is 14.3. The number of nitrogens with zero attached hydrogens (tertiary/aromatic N) is 1. The number of hydrogen-bond donors (Lipinski definition) is 1. The van der Waals surface area contributed by atoms with Gasteiger partial charge in [0.15, 0.2) is 6.61 Å². The minimum atomic E-state index is -0.576. The predicted molar refractivity (Wildman–Crippen MR) is 121 cm³/mol. The van der Waals surface area contributed by atoms with Crippen molar-refractivity contribution in [3.05, 3.63) is 64.7 Å². The van der Waals surface area contributed by atoms with E-state index in [0.717, 1.165) is 11.1 Å². The van der Waals surface area contributed by atoms with E-state index in [0.29, 0.717) is 36.2 Å². The van der Waals surface area contributed by atoms with Gasteiger partial charge in [-0.1, -0.05) is 74.3 Å². The molecule has 0 bridgehead atoms. The Bertz CT molecular complexity index is 837. The summed E-state index contributed by atoms with van der Waals surface area (Å²) >= 11 is 6.13. The van der Waals surface area contributed by atoms with Crippen molar-refractivity contribution < 1.29 is 14.3 Å². The molecule has 2 amide bonds. The van der Waals surface area contributed by atoms with Crippen molar-refractivity contribution in [3.8, 4) is 5.75 Å². The number of ether oxygens (including phenoxy) is 1. The maximum absolute atomic E-state index is 13.1. The number of hydrogen-bond acceptors (Lipinski definition) is 3. The van der Waals surface area contributed by atoms with Crippen molar-refractivity contribution in [2.75, 3.05) is 13.2 Å². The lowest BCUT2D eigenvalue weighted by atomic mass is 10.1. The molecule has 5 nitrogen and oxygen atoms in total. The van der Waals surface area contributed by atoms with E-state index in [1.807, 2.05) is 52.0 Å². The summed E-state index contributed by atoms with van der Waals surface area (Å²) in [5, 5.41) is 3.39. The molecular formula is C24H31ClN2O3. The number of carbonyl (C=O) groups excluding carboxylic acids is 2. The molecule has 0 radical (unpaired) electrons. The van der Waals surface area contributed by atoms with Crippen LogP contribution in [0.1, 0.15) is 38.3 Å². The Morgan fingerprint density at radius 2 is 1.77 bits per heavy atom. The van der Waals surface area contributed by atoms with E-state index in [1.54, 1.807) is 29.2 Å². The fourth-order valence-corrected chi connectivity index (χ4v) is 3.21. The van der Waals surface area contributed by atoms with Crippen molar-refractivity contribution in [2.24, 2.45) is 5.92 Å². The van der Waals surface area contributed by atoms with Crippen molar-refractivity contribution >= 4 is 23.4 Å². The molecule has 0 aliphatic heterocycles. The second-order valence-electron chi connectivity index (χ2n) is 7.79. The molecule has 0 spiro atoms. The van der Waals surface area contributed by atoms with E-state index in [-0.39, 0.29) is 18.4 Å². The van der Waals surface area contributed by atoms with Crippen molar-refractivity contribution in [3.63, 3.8) is 0 Å². The first kappa shape index (κ1) is 23.7. The van der Waals surface area contributed by atoms with Gasteiger partial charge in [-0.3, -0.25) is 9.59 Å². The van der Waals surface area contributed by atoms with Crippen LogP contribution in [0.2, 0.25) is 5.02 Å². The lowest BCUT2D eigenvalue weighted by Gasteiger charge is -2.31. The zero-order valence-corrected chi connectivity index (χ0v) is 18.9. The summed E-state index contributed by atoms with van der Waals surface area (Å²) < 4.78 is 5.65. The highest BCUT2D eigenvalue weighted by molar-refractivity contribution is 6.32. The van der Waals surface area contributed by atoms with Gasteiger partial charge in [0.1, 0.15) is 11.8 Å². The molecule has 1 N–H and O–H groups in total. The van der Waals surface area contributed by atoms with Crippen molar-refractivity contribution in [1.82, 2.24) is 10.2 Å². The minimum absolute atomic E-state index is 0.149. The van der Waals surface area contributed by atoms with Crippen LogP contribution in [0.5, 0.6) is 5.75 Å². The third-order valence-corrected chi connectivity index (χ3v) is 5.04. The van der Waals surface area contributed by atoms with E-state index >= 15 is 0 Å². The Labute approximate surface area is 184 Å². The van der Waals surface area contributed by atoms with Crippen LogP contribution in [0.3, 0.4) is 0 Å². The van der Waals surface area contributed by atoms with Gasteiger partial charge in [0.05, 0.1) is 5.02 Å². The lowest BCUT2D eigenvalue weighted by Crippen LogP contribution is -2.50. The molecule has 30 heavy (non-hydrogen) atoms. The number of aryl methyl sites for hydroxylation is 1. The zero-order chi connectivity index (χ0) is 22.1. The van der Waals surface area contributed by atoms with Gasteiger partial charge in [-0.25, -0.2) is 0 Å². The van der Waals surface area contributed by atoms with Gasteiger partial charge in [0.2, 0.25) is 5.91 Å². The molecule has 6 heteroatoms. The molecule has 2 rings (SSSR count). The normalized spacial score (nSPS) is 11.8. The highest BCUT2D eigenvalue weighted by atomic mass is 35.5. The molecule has 1 unspecified atom stereocenters. The number of nitrogens with one attached hydrogen (secondary N) is 1. The highest BCUT2D eigenvalue weighted by Crippen LogP contribution is 2.23. The number of halogens is 1. The largest absolute Gasteiger partial charge is 0.482 e. The van der Waals surface area contributed by atoms with Crippen LogP contribution in [0.15, 0.2) is 48.5 Å². The van der Waals surface area contributed by atoms with Crippen LogP contribution < -0.4 is 10.1 Å². The number of para-hydroxylation sites is 1. The molecule has 0 saturated heterocycles. The van der Waals surface area contributed by atoms with Crippen LogP contribution in [0, 0.1) is 12.8 Å². The average molecular weight is 431 g/mol. The Kier molecular flexibility index (Phi) is 9.18. The quantitative estimate of drug-likeness (QED) is 0.598. The molecule has 0 fully saturated rings. The Morgan fingerprint density at radius 3 is 2.37 bits per heavy atom. The fraction of sp³-hybridized carbons (Fsp3) is 0.417. The Hall–Kier alpha value is -2.53. The van der Waals surface area contributed by atoms with Crippen molar-refractivity contribution in [2.45, 2.75) is 46.7 Å². The maximum Gasteiger partial charge on any atom is 0.261 e. The Balaban J connectivity index is 2.19. The first-order valence-corrected chi connectivity index (χ1v) is 10.7. The van der Waals surface area contributed by atoms with E-state index < -0.39 is 6.04 Å². The van der Waals surface area contributed by atoms with Gasteiger partial charge >= 0.3 is 0 Å². The molecule has 0 aliphatic rings. The van der Waals surface area contributed by atoms with Gasteiger partial charge in [-0.15, -0.1) is 0 Å². The van der Waals surface area contributed by atoms with Gasteiger partial charge in [-0.05, 0) is 37.0 Å². The predicted octanol–water partition coefficient (Wildman–Crippen LogP) is 4.61. The molecule has 1 atom stereocenters. The maximum atomic E-state index is 13.1. The lowest BCUT2D eigenvalue weighted by molar-refractivity contribution is -0.143. The van der Waals surface area contributed by atoms with Gasteiger partial charge in [0.25, 0.3) is 5.91 Å². The summed E-state index contributed by atoms with van der Waals surface area (Å²) in [7, 11) is 0. The SMILES string of the molecule is CCC(C(=O)NCC(C)C)N(Cc1ccc(C)cc1)C(=O)COc1ccccc1Cl. The summed E-state index contributed by atoms with van der Waals surface area (Å²) in [6, 6.07) is 14.4. The molecular weight excluding hydrogens is 400 g/mol. The molecule has 2 aromatic rings. The van der Waals surface area contributed by atoms with Crippen LogP contribution in [-0.4, -0.2) is 35.9 Å². The van der Waals surface area contributed by atoms with E-state index in [9.17, 15) is 9.59 Å². The number of carbonyl (C=O) groups is 2. The number of benzene rings is 2. The van der Waals surface area contributed by atoms with Crippen LogP contribution in [-0.2, 0) is 16.1 Å². The molecule has 0 aromatic heterocycles. The van der Waals surface area contributed by atoms with Crippen molar-refractivity contribution in [1.29, 1.82) is 0 Å². The summed E-state index contributed by atoms with van der Waals surface area (Å²) in [4.78, 5) is 27.5. The first-order valence-electron chi connectivity index (χ1n) is 10.3. The average Bonchev–Trinajstić information content (AvgIpc) is 2.72. The topological polar surface area (TPSA) is 58.6 Å². The third-order valence-electron chi connectivity index (χ3n) is 4.73. The third kappa shape index (κ3) is 7.06. The van der Waals surface area contributed by atoms with E-state index in [2.05, 4.69) is 5.32 Å². The highest BCUT2D eigenvalue weighted by Gasteiger charge is 2.29. The van der Waals surface area contributed by atoms with Gasteiger partial charge in [-0.2, -0.15) is 0 Å². The summed E-state index contributed by atoms with van der Waals surface area (Å²) in [6.45, 7) is 8.70. The second kappa shape index (κ2) is 11.6. The summed E-state index contributed by atoms with van der Waals surface area (Å²) in [5.41, 5.74) is 2.10. The molecule has 2 aromatic carbocycles.